The van der Waals surface area contributed by atoms with Gasteiger partial charge in [-0.05, 0) is 50.2 Å². The van der Waals surface area contributed by atoms with Gasteiger partial charge in [0, 0.05) is 11.6 Å². The third-order valence-corrected chi connectivity index (χ3v) is 3.81. The first-order chi connectivity index (χ1) is 10.6. The van der Waals surface area contributed by atoms with Crippen LogP contribution in [0.3, 0.4) is 0 Å². The van der Waals surface area contributed by atoms with Gasteiger partial charge in [0.1, 0.15) is 5.75 Å². The highest BCUT2D eigenvalue weighted by atomic mass is 16.5. The van der Waals surface area contributed by atoms with Crippen LogP contribution in [0, 0.1) is 11.8 Å². The zero-order chi connectivity index (χ0) is 15.9. The van der Waals surface area contributed by atoms with Gasteiger partial charge >= 0.3 is 0 Å². The Balaban J connectivity index is 1.73. The summed E-state index contributed by atoms with van der Waals surface area (Å²) >= 11 is 0. The summed E-state index contributed by atoms with van der Waals surface area (Å²) < 4.78 is 5.33. The van der Waals surface area contributed by atoms with E-state index in [0.717, 1.165) is 18.8 Å². The van der Waals surface area contributed by atoms with E-state index in [1.54, 1.807) is 24.3 Å². The van der Waals surface area contributed by atoms with Crippen LogP contribution in [0.5, 0.6) is 5.75 Å². The fourth-order valence-electron chi connectivity index (χ4n) is 2.21. The van der Waals surface area contributed by atoms with E-state index in [1.807, 2.05) is 13.8 Å². The number of amides is 2. The van der Waals surface area contributed by atoms with Crippen molar-refractivity contribution in [1.82, 2.24) is 10.6 Å². The first-order valence-electron chi connectivity index (χ1n) is 7.61. The van der Waals surface area contributed by atoms with Crippen molar-refractivity contribution in [3.8, 4) is 5.75 Å². The molecular weight excluding hydrogens is 282 g/mol. The molecule has 1 aromatic rings. The first kappa shape index (κ1) is 16.3. The van der Waals surface area contributed by atoms with Crippen molar-refractivity contribution in [2.45, 2.75) is 13.8 Å². The van der Waals surface area contributed by atoms with Gasteiger partial charge in [-0.3, -0.25) is 9.59 Å². The Hall–Kier alpha value is -2.08. The highest BCUT2D eigenvalue weighted by molar-refractivity contribution is 5.94. The molecule has 2 amide bonds. The molecule has 2 rings (SSSR count). The van der Waals surface area contributed by atoms with Gasteiger partial charge in [-0.25, -0.2) is 0 Å². The standard InChI is InChI=1S/C16H23N3O3/c1-3-22-14-6-4-13(5-7-14)19-15(20)10-18-16(21)11(2)12-8-17-9-12/h4-7,11-12,17H,3,8-10H2,1-2H3,(H,18,21)(H,19,20). The fourth-order valence-corrected chi connectivity index (χ4v) is 2.21. The summed E-state index contributed by atoms with van der Waals surface area (Å²) in [6.45, 7) is 6.13. The van der Waals surface area contributed by atoms with E-state index in [-0.39, 0.29) is 24.3 Å². The van der Waals surface area contributed by atoms with Crippen LogP contribution in [0.2, 0.25) is 0 Å². The van der Waals surface area contributed by atoms with Gasteiger partial charge in [-0.15, -0.1) is 0 Å². The van der Waals surface area contributed by atoms with Crippen molar-refractivity contribution in [3.05, 3.63) is 24.3 Å². The van der Waals surface area contributed by atoms with E-state index in [9.17, 15) is 9.59 Å². The maximum Gasteiger partial charge on any atom is 0.243 e. The number of benzene rings is 1. The lowest BCUT2D eigenvalue weighted by molar-refractivity contribution is -0.128. The molecule has 0 radical (unpaired) electrons. The summed E-state index contributed by atoms with van der Waals surface area (Å²) in [5.41, 5.74) is 0.680. The van der Waals surface area contributed by atoms with Crippen LogP contribution in [-0.4, -0.2) is 38.1 Å². The van der Waals surface area contributed by atoms with Crippen molar-refractivity contribution in [3.63, 3.8) is 0 Å². The average molecular weight is 305 g/mol. The molecule has 3 N–H and O–H groups in total. The van der Waals surface area contributed by atoms with Crippen LogP contribution in [0.15, 0.2) is 24.3 Å². The predicted molar refractivity (Wildman–Crippen MR) is 84.8 cm³/mol. The molecule has 0 aromatic heterocycles. The molecule has 120 valence electrons. The third kappa shape index (κ3) is 4.46. The molecule has 1 saturated heterocycles. The second-order valence-corrected chi connectivity index (χ2v) is 5.43. The van der Waals surface area contributed by atoms with Crippen molar-refractivity contribution in [1.29, 1.82) is 0 Å². The lowest BCUT2D eigenvalue weighted by Gasteiger charge is -2.31. The maximum atomic E-state index is 11.9. The van der Waals surface area contributed by atoms with E-state index in [1.165, 1.54) is 0 Å². The molecule has 1 aliphatic heterocycles. The smallest absolute Gasteiger partial charge is 0.243 e. The number of carbonyl (C=O) groups excluding carboxylic acids is 2. The largest absolute Gasteiger partial charge is 0.494 e. The van der Waals surface area contributed by atoms with Gasteiger partial charge in [-0.1, -0.05) is 6.92 Å². The van der Waals surface area contributed by atoms with Gasteiger partial charge < -0.3 is 20.7 Å². The summed E-state index contributed by atoms with van der Waals surface area (Å²) in [4.78, 5) is 23.7. The third-order valence-electron chi connectivity index (χ3n) is 3.81. The topological polar surface area (TPSA) is 79.5 Å². The number of hydrogen-bond donors (Lipinski definition) is 3. The second kappa shape index (κ2) is 7.79. The summed E-state index contributed by atoms with van der Waals surface area (Å²) in [6, 6.07) is 7.13. The van der Waals surface area contributed by atoms with E-state index in [0.29, 0.717) is 18.2 Å². The quantitative estimate of drug-likeness (QED) is 0.702. The van der Waals surface area contributed by atoms with Crippen molar-refractivity contribution in [2.24, 2.45) is 11.8 Å². The number of hydrogen-bond acceptors (Lipinski definition) is 4. The van der Waals surface area contributed by atoms with Gasteiger partial charge in [0.05, 0.1) is 13.2 Å². The Morgan fingerprint density at radius 1 is 1.32 bits per heavy atom. The second-order valence-electron chi connectivity index (χ2n) is 5.43. The minimum Gasteiger partial charge on any atom is -0.494 e. The minimum absolute atomic E-state index is 0.0173. The molecule has 0 bridgehead atoms. The molecule has 0 saturated carbocycles. The lowest BCUT2D eigenvalue weighted by atomic mass is 9.88. The Morgan fingerprint density at radius 2 is 2.00 bits per heavy atom. The van der Waals surface area contributed by atoms with Gasteiger partial charge in [0.25, 0.3) is 0 Å². The maximum absolute atomic E-state index is 11.9. The van der Waals surface area contributed by atoms with Crippen LogP contribution >= 0.6 is 0 Å². The van der Waals surface area contributed by atoms with Crippen molar-refractivity contribution < 1.29 is 14.3 Å². The normalized spacial score (nSPS) is 15.5. The zero-order valence-corrected chi connectivity index (χ0v) is 13.0. The predicted octanol–water partition coefficient (Wildman–Crippen LogP) is 0.995. The monoisotopic (exact) mass is 305 g/mol. The average Bonchev–Trinajstić information content (AvgIpc) is 2.45. The molecule has 1 aliphatic rings. The number of anilines is 1. The van der Waals surface area contributed by atoms with Crippen LogP contribution in [0.25, 0.3) is 0 Å². The number of carbonyl (C=O) groups is 2. The molecule has 1 aromatic carbocycles. The first-order valence-corrected chi connectivity index (χ1v) is 7.61. The number of nitrogens with one attached hydrogen (secondary N) is 3. The van der Waals surface area contributed by atoms with Crippen LogP contribution in [0.1, 0.15) is 13.8 Å². The molecule has 1 unspecified atom stereocenters. The van der Waals surface area contributed by atoms with Gasteiger partial charge in [0.15, 0.2) is 0 Å². The van der Waals surface area contributed by atoms with Crippen LogP contribution in [0.4, 0.5) is 5.69 Å². The highest BCUT2D eigenvalue weighted by Crippen LogP contribution is 2.16. The zero-order valence-electron chi connectivity index (χ0n) is 13.0. The summed E-state index contributed by atoms with van der Waals surface area (Å²) in [5.74, 6) is 0.746. The molecule has 1 fully saturated rings. The Bertz CT molecular complexity index is 512. The van der Waals surface area contributed by atoms with E-state index in [4.69, 9.17) is 4.74 Å². The molecule has 1 atom stereocenters. The number of ether oxygens (including phenoxy) is 1. The molecule has 6 heteroatoms. The minimum atomic E-state index is -0.239. The number of rotatable bonds is 7. The van der Waals surface area contributed by atoms with E-state index >= 15 is 0 Å². The van der Waals surface area contributed by atoms with E-state index in [2.05, 4.69) is 16.0 Å². The van der Waals surface area contributed by atoms with Crippen LogP contribution in [-0.2, 0) is 9.59 Å². The Kier molecular flexibility index (Phi) is 5.77. The lowest BCUT2D eigenvalue weighted by Crippen LogP contribution is -2.50. The molecule has 22 heavy (non-hydrogen) atoms. The molecule has 0 aliphatic carbocycles. The molecular formula is C16H23N3O3. The Morgan fingerprint density at radius 3 is 2.55 bits per heavy atom. The van der Waals surface area contributed by atoms with Gasteiger partial charge in [-0.2, -0.15) is 0 Å². The van der Waals surface area contributed by atoms with Crippen LogP contribution < -0.4 is 20.7 Å². The van der Waals surface area contributed by atoms with E-state index < -0.39 is 0 Å². The molecule has 1 heterocycles. The van der Waals surface area contributed by atoms with Crippen molar-refractivity contribution in [2.75, 3.05) is 31.6 Å². The summed E-state index contributed by atoms with van der Waals surface area (Å²) in [6.07, 6.45) is 0. The Labute approximate surface area is 130 Å². The molecule has 0 spiro atoms. The van der Waals surface area contributed by atoms with Crippen molar-refractivity contribution >= 4 is 17.5 Å². The summed E-state index contributed by atoms with van der Waals surface area (Å²) in [5, 5.41) is 8.56. The van der Waals surface area contributed by atoms with Gasteiger partial charge in [0.2, 0.25) is 11.8 Å². The summed E-state index contributed by atoms with van der Waals surface area (Å²) in [7, 11) is 0. The SMILES string of the molecule is CCOc1ccc(NC(=O)CNC(=O)C(C)C2CNC2)cc1. The fraction of sp³-hybridized carbons (Fsp3) is 0.500. The highest BCUT2D eigenvalue weighted by Gasteiger charge is 2.28. The molecule has 6 nitrogen and oxygen atoms in total.